The van der Waals surface area contributed by atoms with Crippen LogP contribution in [0, 0.1) is 0 Å². The van der Waals surface area contributed by atoms with Crippen LogP contribution >= 0.6 is 0 Å². The highest BCUT2D eigenvalue weighted by atomic mass is 32.3. The molecule has 3 unspecified atom stereocenters. The third-order valence-electron chi connectivity index (χ3n) is 5.01. The van der Waals surface area contributed by atoms with Gasteiger partial charge >= 0.3 is 10.4 Å². The minimum Gasteiger partial charge on any atom is -0.370 e. The van der Waals surface area contributed by atoms with Crippen LogP contribution in [-0.2, 0) is 31.2 Å². The fourth-order valence-electron chi connectivity index (χ4n) is 3.55. The average molecular weight is 501 g/mol. The quantitative estimate of drug-likeness (QED) is 0.0721. The number of carbonyl (C=O) groups is 3. The molecule has 13 nitrogen and oxygen atoms in total. The number of aliphatic imine (C=N–C) groups is 1. The molecule has 1 heterocycles. The minimum absolute atomic E-state index is 0.0106. The highest BCUT2D eigenvalue weighted by Crippen LogP contribution is 2.22. The van der Waals surface area contributed by atoms with E-state index in [1.807, 2.05) is 35.2 Å². The maximum atomic E-state index is 12.7. The van der Waals surface area contributed by atoms with E-state index in [2.05, 4.69) is 10.3 Å². The van der Waals surface area contributed by atoms with E-state index in [-0.39, 0.29) is 5.96 Å². The number of amides is 2. The predicted molar refractivity (Wildman–Crippen MR) is 125 cm³/mol. The summed E-state index contributed by atoms with van der Waals surface area (Å²) in [4.78, 5) is 42.3. The van der Waals surface area contributed by atoms with Gasteiger partial charge in [0.2, 0.25) is 11.8 Å². The second kappa shape index (κ2) is 14.4. The van der Waals surface area contributed by atoms with Crippen LogP contribution in [0.15, 0.2) is 35.3 Å². The number of guanidine groups is 1. The van der Waals surface area contributed by atoms with Gasteiger partial charge in [-0.2, -0.15) is 8.42 Å². The van der Waals surface area contributed by atoms with Gasteiger partial charge in [-0.25, -0.2) is 0 Å². The Morgan fingerprint density at radius 3 is 2.41 bits per heavy atom. The second-order valence-corrected chi connectivity index (χ2v) is 8.54. The first-order valence-corrected chi connectivity index (χ1v) is 11.9. The molecule has 1 aliphatic heterocycles. The number of benzene rings is 1. The molecule has 3 atom stereocenters. The van der Waals surface area contributed by atoms with E-state index in [9.17, 15) is 14.4 Å². The molecule has 0 bridgehead atoms. The van der Waals surface area contributed by atoms with Crippen LogP contribution in [0.25, 0.3) is 0 Å². The highest BCUT2D eigenvalue weighted by molar-refractivity contribution is 7.79. The number of rotatable bonds is 10. The van der Waals surface area contributed by atoms with E-state index >= 15 is 0 Å². The molecule has 9 N–H and O–H groups in total. The fourth-order valence-corrected chi connectivity index (χ4v) is 3.55. The fraction of sp³-hybridized carbons (Fsp3) is 0.500. The Bertz CT molecular complexity index is 930. The average Bonchev–Trinajstić information content (AvgIpc) is 3.23. The molecule has 14 heteroatoms. The van der Waals surface area contributed by atoms with Crippen molar-refractivity contribution >= 4 is 34.5 Å². The SMILES string of the molecule is NC(N)=NCCCC(C=O)N1CCCC1C(=O)NC(=O)C(N)Cc1ccccc1.O=S(=O)(O)O. The van der Waals surface area contributed by atoms with Crippen molar-refractivity contribution in [3.63, 3.8) is 0 Å². The lowest BCUT2D eigenvalue weighted by Crippen LogP contribution is -2.53. The molecule has 1 saturated heterocycles. The van der Waals surface area contributed by atoms with Gasteiger partial charge in [-0.1, -0.05) is 30.3 Å². The van der Waals surface area contributed by atoms with Crippen LogP contribution in [0.5, 0.6) is 0 Å². The standard InChI is InChI=1S/C20H30N6O3.H2O4S/c21-16(12-14-6-2-1-3-7-14)18(28)25-19(29)17-9-5-11-26(17)15(13-27)8-4-10-24-20(22)23;1-5(2,3)4/h1-3,6-7,13,15-17H,4-5,8-12,21H2,(H4,22,23,24)(H,25,28,29);(H2,1,2,3,4). The van der Waals surface area contributed by atoms with Gasteiger partial charge in [0.1, 0.15) is 6.29 Å². The summed E-state index contributed by atoms with van der Waals surface area (Å²) in [5.74, 6) is -0.912. The van der Waals surface area contributed by atoms with Crippen LogP contribution < -0.4 is 22.5 Å². The summed E-state index contributed by atoms with van der Waals surface area (Å²) >= 11 is 0. The highest BCUT2D eigenvalue weighted by Gasteiger charge is 2.36. The minimum atomic E-state index is -4.67. The lowest BCUT2D eigenvalue weighted by Gasteiger charge is -2.28. The largest absolute Gasteiger partial charge is 0.394 e. The molecule has 2 rings (SSSR count). The molecule has 0 saturated carbocycles. The van der Waals surface area contributed by atoms with Crippen molar-refractivity contribution in [3.05, 3.63) is 35.9 Å². The molecule has 0 spiro atoms. The van der Waals surface area contributed by atoms with Crippen molar-refractivity contribution in [2.45, 2.75) is 50.2 Å². The van der Waals surface area contributed by atoms with Gasteiger partial charge < -0.3 is 22.0 Å². The van der Waals surface area contributed by atoms with E-state index in [4.69, 9.17) is 34.7 Å². The smallest absolute Gasteiger partial charge is 0.370 e. The van der Waals surface area contributed by atoms with Crippen LogP contribution in [0.2, 0.25) is 0 Å². The third kappa shape index (κ3) is 11.8. The predicted octanol–water partition coefficient (Wildman–Crippen LogP) is -1.37. The Morgan fingerprint density at radius 1 is 1.24 bits per heavy atom. The van der Waals surface area contributed by atoms with Crippen LogP contribution in [0.4, 0.5) is 0 Å². The number of carbonyl (C=O) groups excluding carboxylic acids is 3. The Morgan fingerprint density at radius 2 is 1.85 bits per heavy atom. The molecule has 1 aromatic carbocycles. The summed E-state index contributed by atoms with van der Waals surface area (Å²) in [6, 6.07) is 7.61. The van der Waals surface area contributed by atoms with Gasteiger partial charge in [-0.15, -0.1) is 0 Å². The topological polar surface area (TPSA) is 231 Å². The second-order valence-electron chi connectivity index (χ2n) is 7.65. The maximum absolute atomic E-state index is 12.7. The number of aldehydes is 1. The lowest BCUT2D eigenvalue weighted by atomic mass is 10.1. The molecule has 1 aromatic rings. The summed E-state index contributed by atoms with van der Waals surface area (Å²) in [6.07, 6.45) is 3.70. The van der Waals surface area contributed by atoms with Gasteiger partial charge in [-0.05, 0) is 44.2 Å². The Kier molecular flexibility index (Phi) is 12.3. The summed E-state index contributed by atoms with van der Waals surface area (Å²) in [7, 11) is -4.67. The van der Waals surface area contributed by atoms with Gasteiger partial charge in [-0.3, -0.25) is 33.9 Å². The number of hydrogen-bond donors (Lipinski definition) is 6. The van der Waals surface area contributed by atoms with Gasteiger partial charge in [0.15, 0.2) is 5.96 Å². The normalized spacial score (nSPS) is 17.6. The molecule has 0 radical (unpaired) electrons. The van der Waals surface area contributed by atoms with Crippen molar-refractivity contribution in [3.8, 4) is 0 Å². The number of nitrogens with two attached hydrogens (primary N) is 3. The Balaban J connectivity index is 0.00000104. The zero-order valence-electron chi connectivity index (χ0n) is 18.6. The molecule has 0 aliphatic carbocycles. The van der Waals surface area contributed by atoms with E-state index < -0.39 is 40.3 Å². The molecule has 34 heavy (non-hydrogen) atoms. The maximum Gasteiger partial charge on any atom is 0.394 e. The first-order chi connectivity index (χ1) is 15.9. The van der Waals surface area contributed by atoms with Crippen molar-refractivity contribution in [1.82, 2.24) is 10.2 Å². The third-order valence-corrected chi connectivity index (χ3v) is 5.01. The summed E-state index contributed by atoms with van der Waals surface area (Å²) in [5, 5.41) is 2.42. The van der Waals surface area contributed by atoms with E-state index in [0.29, 0.717) is 38.8 Å². The molecule has 1 fully saturated rings. The zero-order valence-corrected chi connectivity index (χ0v) is 19.4. The molecule has 2 amide bonds. The zero-order chi connectivity index (χ0) is 25.7. The van der Waals surface area contributed by atoms with E-state index in [0.717, 1.165) is 18.3 Å². The van der Waals surface area contributed by atoms with Crippen molar-refractivity contribution in [1.29, 1.82) is 0 Å². The molecule has 190 valence electrons. The van der Waals surface area contributed by atoms with Gasteiger partial charge in [0.05, 0.1) is 18.1 Å². The number of nitrogens with zero attached hydrogens (tertiary/aromatic N) is 2. The van der Waals surface area contributed by atoms with E-state index in [1.165, 1.54) is 0 Å². The molecular weight excluding hydrogens is 468 g/mol. The summed E-state index contributed by atoms with van der Waals surface area (Å²) in [6.45, 7) is 1.04. The van der Waals surface area contributed by atoms with Gasteiger partial charge in [0.25, 0.3) is 0 Å². The van der Waals surface area contributed by atoms with Crippen LogP contribution in [-0.4, -0.2) is 77.7 Å². The van der Waals surface area contributed by atoms with Gasteiger partial charge in [0, 0.05) is 6.54 Å². The lowest BCUT2D eigenvalue weighted by molar-refractivity contribution is -0.134. The summed E-state index contributed by atoms with van der Waals surface area (Å²) < 4.78 is 31.6. The first kappa shape index (κ1) is 29.1. The number of likely N-dealkylation sites (tertiary alicyclic amines) is 1. The molecule has 1 aliphatic rings. The van der Waals surface area contributed by atoms with Crippen LogP contribution in [0.1, 0.15) is 31.2 Å². The molecular formula is C20H32N6O7S. The van der Waals surface area contributed by atoms with E-state index in [1.54, 1.807) is 0 Å². The molecule has 0 aromatic heterocycles. The van der Waals surface area contributed by atoms with Crippen molar-refractivity contribution < 1.29 is 31.9 Å². The van der Waals surface area contributed by atoms with Crippen molar-refractivity contribution in [2.75, 3.05) is 13.1 Å². The number of imide groups is 1. The Hall–Kier alpha value is -2.91. The summed E-state index contributed by atoms with van der Waals surface area (Å²) in [5.41, 5.74) is 17.5. The van der Waals surface area contributed by atoms with Crippen molar-refractivity contribution in [2.24, 2.45) is 22.2 Å². The number of nitrogens with one attached hydrogen (secondary N) is 1. The monoisotopic (exact) mass is 500 g/mol. The first-order valence-electron chi connectivity index (χ1n) is 10.5. The number of hydrogen-bond acceptors (Lipinski definition) is 8. The Labute approximate surface area is 198 Å². The van der Waals surface area contributed by atoms with Crippen LogP contribution in [0.3, 0.4) is 0 Å².